The van der Waals surface area contributed by atoms with Gasteiger partial charge in [-0.25, -0.2) is 9.29 Å². The van der Waals surface area contributed by atoms with E-state index < -0.39 is 6.17 Å². The highest BCUT2D eigenvalue weighted by molar-refractivity contribution is 4.81. The van der Waals surface area contributed by atoms with Crippen molar-refractivity contribution >= 4 is 0 Å². The molecule has 3 fully saturated rings. The molecule has 0 amide bonds. The van der Waals surface area contributed by atoms with Crippen LogP contribution in [0.5, 0.6) is 0 Å². The summed E-state index contributed by atoms with van der Waals surface area (Å²) in [6, 6.07) is 0.776. The second kappa shape index (κ2) is 5.69. The molecule has 4 unspecified atom stereocenters. The first-order valence-electron chi connectivity index (χ1n) is 8.37. The van der Waals surface area contributed by atoms with E-state index in [0.29, 0.717) is 0 Å². The number of halogens is 1. The highest BCUT2D eigenvalue weighted by Crippen LogP contribution is 2.26. The minimum Gasteiger partial charge on any atom is -0.316 e. The lowest BCUT2D eigenvalue weighted by atomic mass is 9.87. The fourth-order valence-electron chi connectivity index (χ4n) is 4.66. The largest absolute Gasteiger partial charge is 0.316 e. The smallest absolute Gasteiger partial charge is 0.144 e. The van der Waals surface area contributed by atoms with Crippen LogP contribution < -0.4 is 4.90 Å². The van der Waals surface area contributed by atoms with Crippen LogP contribution in [0, 0.1) is 11.8 Å². The minimum atomic E-state index is -0.505. The molecule has 4 atom stereocenters. The van der Waals surface area contributed by atoms with Crippen molar-refractivity contribution in [2.45, 2.75) is 70.8 Å². The number of alkyl halides is 1. The maximum atomic E-state index is 13.2. The van der Waals surface area contributed by atoms with Gasteiger partial charge in [-0.1, -0.05) is 6.92 Å². The topological polar surface area (TPSA) is 7.68 Å². The Balaban J connectivity index is 1.58. The Hall–Kier alpha value is -0.150. The molecule has 0 spiro atoms. The second-order valence-electron chi connectivity index (χ2n) is 7.45. The molecule has 1 N–H and O–H groups in total. The van der Waals surface area contributed by atoms with Gasteiger partial charge < -0.3 is 4.90 Å². The summed E-state index contributed by atoms with van der Waals surface area (Å²) in [5.74, 6) is 1.66. The Kier molecular flexibility index (Phi) is 4.14. The van der Waals surface area contributed by atoms with Crippen molar-refractivity contribution in [1.82, 2.24) is 4.90 Å². The van der Waals surface area contributed by atoms with Crippen molar-refractivity contribution in [2.24, 2.45) is 11.8 Å². The normalized spacial score (nSPS) is 48.2. The first-order valence-corrected chi connectivity index (χ1v) is 8.37. The lowest BCUT2D eigenvalue weighted by molar-refractivity contribution is -0.943. The van der Waals surface area contributed by atoms with E-state index in [4.69, 9.17) is 0 Å². The number of nitrogens with zero attached hydrogens (tertiary/aromatic N) is 1. The third-order valence-electron chi connectivity index (χ3n) is 5.79. The number of rotatable bonds is 2. The minimum absolute atomic E-state index is 0.505. The Morgan fingerprint density at radius 3 is 2.47 bits per heavy atom. The Labute approximate surface area is 117 Å². The molecule has 19 heavy (non-hydrogen) atoms. The number of hydrogen-bond donors (Lipinski definition) is 1. The molecule has 3 aliphatic rings. The molecule has 0 radical (unpaired) electrons. The first kappa shape index (κ1) is 13.8. The summed E-state index contributed by atoms with van der Waals surface area (Å²) in [5.41, 5.74) is 0. The lowest BCUT2D eigenvalue weighted by Gasteiger charge is -2.36. The van der Waals surface area contributed by atoms with Crippen LogP contribution in [0.2, 0.25) is 0 Å². The summed E-state index contributed by atoms with van der Waals surface area (Å²) in [6.07, 6.45) is 6.92. The molecule has 3 rings (SSSR count). The number of quaternary nitrogens is 1. The van der Waals surface area contributed by atoms with Crippen LogP contribution in [0.25, 0.3) is 0 Å². The molecule has 110 valence electrons. The van der Waals surface area contributed by atoms with Crippen molar-refractivity contribution < 1.29 is 9.29 Å². The number of piperidine rings is 1. The lowest BCUT2D eigenvalue weighted by Crippen LogP contribution is -3.18. The van der Waals surface area contributed by atoms with Crippen molar-refractivity contribution in [2.75, 3.05) is 19.6 Å². The zero-order valence-corrected chi connectivity index (χ0v) is 12.6. The molecule has 1 aliphatic carbocycles. The molecular weight excluding hydrogens is 239 g/mol. The van der Waals surface area contributed by atoms with Crippen LogP contribution in [0.1, 0.15) is 52.4 Å². The van der Waals surface area contributed by atoms with Gasteiger partial charge in [0.25, 0.3) is 0 Å². The highest BCUT2D eigenvalue weighted by Gasteiger charge is 2.44. The molecule has 2 saturated heterocycles. The summed E-state index contributed by atoms with van der Waals surface area (Å²) in [5, 5.41) is 0. The highest BCUT2D eigenvalue weighted by atomic mass is 19.1. The second-order valence-corrected chi connectivity index (χ2v) is 7.45. The predicted molar refractivity (Wildman–Crippen MR) is 75.9 cm³/mol. The summed E-state index contributed by atoms with van der Waals surface area (Å²) in [4.78, 5) is 4.55. The SMILES string of the molecule is CC1CCC2N(C1)CC(C)[NH+]2CC1CCC(F)CC1. The molecule has 0 aromatic heterocycles. The fraction of sp³-hybridized carbons (Fsp3) is 1.00. The van der Waals surface area contributed by atoms with Crippen LogP contribution in [0.4, 0.5) is 4.39 Å². The maximum Gasteiger partial charge on any atom is 0.144 e. The summed E-state index contributed by atoms with van der Waals surface area (Å²) < 4.78 is 13.2. The van der Waals surface area contributed by atoms with Gasteiger partial charge in [0, 0.05) is 18.9 Å². The van der Waals surface area contributed by atoms with E-state index >= 15 is 0 Å². The standard InChI is InChI=1S/C16H29FN2/c1-12-3-8-16-18(9-12)10-13(2)19(16)11-14-4-6-15(17)7-5-14/h12-16H,3-11H2,1-2H3/p+1. The quantitative estimate of drug-likeness (QED) is 0.804. The van der Waals surface area contributed by atoms with E-state index in [1.807, 2.05) is 4.90 Å². The van der Waals surface area contributed by atoms with Gasteiger partial charge in [0.05, 0.1) is 19.1 Å². The molecule has 2 aliphatic heterocycles. The molecular formula is C16H30FN2+. The Morgan fingerprint density at radius 1 is 1.00 bits per heavy atom. The Morgan fingerprint density at radius 2 is 1.74 bits per heavy atom. The van der Waals surface area contributed by atoms with Gasteiger partial charge in [0.2, 0.25) is 0 Å². The van der Waals surface area contributed by atoms with E-state index in [0.717, 1.165) is 49.7 Å². The summed E-state index contributed by atoms with van der Waals surface area (Å²) >= 11 is 0. The zero-order chi connectivity index (χ0) is 13.4. The molecule has 2 nitrogen and oxygen atoms in total. The first-order chi connectivity index (χ1) is 9.13. The number of fused-ring (bicyclic) bond motifs is 1. The molecule has 0 bridgehead atoms. The van der Waals surface area contributed by atoms with Crippen molar-refractivity contribution in [3.63, 3.8) is 0 Å². The third-order valence-corrected chi connectivity index (χ3v) is 5.79. The van der Waals surface area contributed by atoms with Gasteiger partial charge in [-0.3, -0.25) is 0 Å². The average molecular weight is 269 g/mol. The summed E-state index contributed by atoms with van der Waals surface area (Å²) in [6.45, 7) is 8.68. The maximum absolute atomic E-state index is 13.2. The molecule has 2 heterocycles. The molecule has 0 aromatic rings. The van der Waals surface area contributed by atoms with E-state index in [1.165, 1.54) is 32.5 Å². The van der Waals surface area contributed by atoms with Crippen LogP contribution in [-0.4, -0.2) is 42.9 Å². The van der Waals surface area contributed by atoms with E-state index in [1.54, 1.807) is 0 Å². The van der Waals surface area contributed by atoms with E-state index in [9.17, 15) is 4.39 Å². The molecule has 0 aromatic carbocycles. The van der Waals surface area contributed by atoms with Crippen LogP contribution in [0.15, 0.2) is 0 Å². The van der Waals surface area contributed by atoms with Gasteiger partial charge in [-0.15, -0.1) is 0 Å². The van der Waals surface area contributed by atoms with Gasteiger partial charge in [-0.05, 0) is 44.9 Å². The molecule has 1 saturated carbocycles. The zero-order valence-electron chi connectivity index (χ0n) is 12.6. The number of nitrogens with one attached hydrogen (secondary N) is 1. The van der Waals surface area contributed by atoms with Crippen LogP contribution in [-0.2, 0) is 0 Å². The van der Waals surface area contributed by atoms with Gasteiger partial charge in [0.1, 0.15) is 12.3 Å². The number of hydrogen-bond acceptors (Lipinski definition) is 1. The summed E-state index contributed by atoms with van der Waals surface area (Å²) in [7, 11) is 0. The van der Waals surface area contributed by atoms with Crippen molar-refractivity contribution in [3.05, 3.63) is 0 Å². The van der Waals surface area contributed by atoms with E-state index in [-0.39, 0.29) is 0 Å². The average Bonchev–Trinajstić information content (AvgIpc) is 2.68. The third kappa shape index (κ3) is 2.97. The van der Waals surface area contributed by atoms with Gasteiger partial charge in [0.15, 0.2) is 0 Å². The fourth-order valence-corrected chi connectivity index (χ4v) is 4.66. The van der Waals surface area contributed by atoms with Crippen molar-refractivity contribution in [1.29, 1.82) is 0 Å². The monoisotopic (exact) mass is 269 g/mol. The van der Waals surface area contributed by atoms with E-state index in [2.05, 4.69) is 18.7 Å². The molecule has 3 heteroatoms. The predicted octanol–water partition coefficient (Wildman–Crippen LogP) is 1.86. The van der Waals surface area contributed by atoms with Gasteiger partial charge in [-0.2, -0.15) is 0 Å². The van der Waals surface area contributed by atoms with Gasteiger partial charge >= 0.3 is 0 Å². The van der Waals surface area contributed by atoms with Crippen molar-refractivity contribution in [3.8, 4) is 0 Å². The Bertz CT molecular complexity index is 301. The van der Waals surface area contributed by atoms with Crippen LogP contribution in [0.3, 0.4) is 0 Å². The van der Waals surface area contributed by atoms with Crippen LogP contribution >= 0.6 is 0 Å².